The highest BCUT2D eigenvalue weighted by Gasteiger charge is 2.32. The van der Waals surface area contributed by atoms with Gasteiger partial charge in [0.1, 0.15) is 11.9 Å². The van der Waals surface area contributed by atoms with E-state index < -0.39 is 16.0 Å². The van der Waals surface area contributed by atoms with E-state index in [1.165, 1.54) is 38.4 Å². The maximum absolute atomic E-state index is 13.1. The third-order valence-corrected chi connectivity index (χ3v) is 7.50. The molecule has 1 aliphatic carbocycles. The summed E-state index contributed by atoms with van der Waals surface area (Å²) in [7, 11) is -0.888. The van der Waals surface area contributed by atoms with E-state index in [1.807, 2.05) is 16.9 Å². The summed E-state index contributed by atoms with van der Waals surface area (Å²) in [6, 6.07) is 14.5. The largest absolute Gasteiger partial charge is 0.495 e. The van der Waals surface area contributed by atoms with Crippen LogP contribution in [0.15, 0.2) is 71.9 Å². The van der Waals surface area contributed by atoms with E-state index in [0.717, 1.165) is 23.6 Å². The van der Waals surface area contributed by atoms with Gasteiger partial charge in [0, 0.05) is 19.4 Å². The molecule has 168 valence electrons. The fraction of sp³-hybridized carbons (Fsp3) is 0.304. The summed E-state index contributed by atoms with van der Waals surface area (Å²) in [4.78, 5) is 12.8. The van der Waals surface area contributed by atoms with Crippen LogP contribution in [0, 0.1) is 0 Å². The molecule has 9 heteroatoms. The average Bonchev–Trinajstić information content (AvgIpc) is 3.50. The van der Waals surface area contributed by atoms with E-state index >= 15 is 0 Å². The number of sulfonamides is 1. The van der Waals surface area contributed by atoms with Gasteiger partial charge < -0.3 is 9.47 Å². The molecule has 1 heterocycles. The Hall–Kier alpha value is -3.33. The highest BCUT2D eigenvalue weighted by Crippen LogP contribution is 2.33. The zero-order valence-corrected chi connectivity index (χ0v) is 18.7. The van der Waals surface area contributed by atoms with E-state index in [4.69, 9.17) is 9.47 Å². The Kier molecular flexibility index (Phi) is 6.18. The lowest BCUT2D eigenvalue weighted by molar-refractivity contribution is 0.0209. The maximum Gasteiger partial charge on any atom is 0.338 e. The predicted molar refractivity (Wildman–Crippen MR) is 119 cm³/mol. The molecular formula is C23H25N3O5S. The molecule has 4 rings (SSSR count). The minimum Gasteiger partial charge on any atom is -0.495 e. The molecule has 2 atom stereocenters. The lowest BCUT2D eigenvalue weighted by Crippen LogP contribution is -2.27. The molecule has 8 nitrogen and oxygen atoms in total. The van der Waals surface area contributed by atoms with Crippen LogP contribution in [0.25, 0.3) is 0 Å². The molecule has 2 aromatic carbocycles. The quantitative estimate of drug-likeness (QED) is 0.505. The van der Waals surface area contributed by atoms with Crippen molar-refractivity contribution in [2.75, 3.05) is 18.5 Å². The Balaban J connectivity index is 1.49. The van der Waals surface area contributed by atoms with E-state index in [2.05, 4.69) is 5.10 Å². The fourth-order valence-corrected chi connectivity index (χ4v) is 5.18. The minimum atomic E-state index is -3.84. The fourth-order valence-electron chi connectivity index (χ4n) is 3.97. The molecule has 3 aromatic rings. The molecule has 0 spiro atoms. The smallest absolute Gasteiger partial charge is 0.338 e. The molecule has 0 saturated heterocycles. The topological polar surface area (TPSA) is 90.7 Å². The van der Waals surface area contributed by atoms with Crippen molar-refractivity contribution in [2.24, 2.45) is 0 Å². The zero-order valence-electron chi connectivity index (χ0n) is 17.9. The second-order valence-corrected chi connectivity index (χ2v) is 9.57. The molecular weight excluding hydrogens is 430 g/mol. The van der Waals surface area contributed by atoms with Crippen molar-refractivity contribution >= 4 is 21.7 Å². The van der Waals surface area contributed by atoms with Gasteiger partial charge in [-0.25, -0.2) is 13.2 Å². The minimum absolute atomic E-state index is 0.0168. The molecule has 0 amide bonds. The van der Waals surface area contributed by atoms with Crippen LogP contribution in [0.5, 0.6) is 5.75 Å². The van der Waals surface area contributed by atoms with Gasteiger partial charge in [-0.3, -0.25) is 8.99 Å². The first-order valence-electron chi connectivity index (χ1n) is 10.3. The van der Waals surface area contributed by atoms with Crippen molar-refractivity contribution < 1.29 is 22.7 Å². The van der Waals surface area contributed by atoms with Crippen molar-refractivity contribution in [3.8, 4) is 5.75 Å². The van der Waals surface area contributed by atoms with Gasteiger partial charge in [-0.05, 0) is 61.7 Å². The number of carbonyl (C=O) groups is 1. The number of aromatic nitrogens is 2. The van der Waals surface area contributed by atoms with Crippen LogP contribution in [0.3, 0.4) is 0 Å². The first-order chi connectivity index (χ1) is 15.4. The summed E-state index contributed by atoms with van der Waals surface area (Å²) in [5.74, 6) is -0.0295. The molecule has 0 aliphatic heterocycles. The number of methoxy groups -OCH3 is 1. The molecule has 0 radical (unpaired) electrons. The Morgan fingerprint density at radius 2 is 1.84 bits per heavy atom. The maximum atomic E-state index is 13.1. The highest BCUT2D eigenvalue weighted by molar-refractivity contribution is 7.92. The number of hydrogen-bond acceptors (Lipinski definition) is 6. The van der Waals surface area contributed by atoms with Gasteiger partial charge in [0.15, 0.2) is 0 Å². The third kappa shape index (κ3) is 4.20. The van der Waals surface area contributed by atoms with Crippen LogP contribution in [0.4, 0.5) is 5.69 Å². The van der Waals surface area contributed by atoms with Crippen LogP contribution in [0.1, 0.15) is 35.7 Å². The molecule has 0 unspecified atom stereocenters. The van der Waals surface area contributed by atoms with Crippen molar-refractivity contribution in [3.05, 3.63) is 72.6 Å². The van der Waals surface area contributed by atoms with Crippen molar-refractivity contribution in [1.82, 2.24) is 9.78 Å². The van der Waals surface area contributed by atoms with Gasteiger partial charge in [-0.2, -0.15) is 5.10 Å². The Morgan fingerprint density at radius 3 is 2.53 bits per heavy atom. The van der Waals surface area contributed by atoms with Gasteiger partial charge in [0.25, 0.3) is 10.0 Å². The molecule has 1 saturated carbocycles. The first-order valence-corrected chi connectivity index (χ1v) is 11.8. The standard InChI is InChI=1S/C23H25N3O5S/c1-25(19-7-3-4-9-21(19)30-2)32(28,29)18-13-11-17(12-14-18)23(27)31-22-10-5-8-20(22)26-16-6-15-24-26/h3-4,6-7,9,11-16,20,22H,5,8,10H2,1-2H3/t20-,22-/m1/s1. The summed E-state index contributed by atoms with van der Waals surface area (Å²) in [6.07, 6.45) is 5.93. The van der Waals surface area contributed by atoms with Gasteiger partial charge >= 0.3 is 5.97 Å². The Morgan fingerprint density at radius 1 is 1.09 bits per heavy atom. The number of benzene rings is 2. The number of carbonyl (C=O) groups excluding carboxylic acids is 1. The predicted octanol–water partition coefficient (Wildman–Crippen LogP) is 3.67. The average molecular weight is 456 g/mol. The highest BCUT2D eigenvalue weighted by atomic mass is 32.2. The third-order valence-electron chi connectivity index (χ3n) is 5.71. The van der Waals surface area contributed by atoms with E-state index in [0.29, 0.717) is 17.0 Å². The van der Waals surface area contributed by atoms with Crippen molar-refractivity contribution in [2.45, 2.75) is 36.3 Å². The molecule has 1 fully saturated rings. The number of hydrogen-bond donors (Lipinski definition) is 0. The Labute approximate surface area is 187 Å². The zero-order chi connectivity index (χ0) is 22.7. The number of nitrogens with zero attached hydrogens (tertiary/aromatic N) is 3. The van der Waals surface area contributed by atoms with Crippen LogP contribution in [-0.4, -0.2) is 44.4 Å². The van der Waals surface area contributed by atoms with Crippen LogP contribution >= 0.6 is 0 Å². The number of rotatable bonds is 7. The summed E-state index contributed by atoms with van der Waals surface area (Å²) in [6.45, 7) is 0. The number of ether oxygens (including phenoxy) is 2. The SMILES string of the molecule is COc1ccccc1N(C)S(=O)(=O)c1ccc(C(=O)O[C@@H]2CCC[C@H]2n2cccn2)cc1. The molecule has 0 N–H and O–H groups in total. The normalized spacial score (nSPS) is 18.3. The van der Waals surface area contributed by atoms with Gasteiger partial charge in [0.05, 0.1) is 29.3 Å². The van der Waals surface area contributed by atoms with E-state index in [-0.39, 0.29) is 17.0 Å². The van der Waals surface area contributed by atoms with Crippen LogP contribution < -0.4 is 9.04 Å². The molecule has 32 heavy (non-hydrogen) atoms. The van der Waals surface area contributed by atoms with Gasteiger partial charge in [-0.15, -0.1) is 0 Å². The van der Waals surface area contributed by atoms with Crippen LogP contribution in [-0.2, 0) is 14.8 Å². The molecule has 0 bridgehead atoms. The second-order valence-electron chi connectivity index (χ2n) is 7.60. The van der Waals surface area contributed by atoms with Crippen molar-refractivity contribution in [3.63, 3.8) is 0 Å². The molecule has 1 aromatic heterocycles. The van der Waals surface area contributed by atoms with E-state index in [9.17, 15) is 13.2 Å². The summed E-state index contributed by atoms with van der Waals surface area (Å²) in [5, 5.41) is 4.27. The lowest BCUT2D eigenvalue weighted by Gasteiger charge is -2.22. The summed E-state index contributed by atoms with van der Waals surface area (Å²) >= 11 is 0. The Bertz CT molecular complexity index is 1180. The summed E-state index contributed by atoms with van der Waals surface area (Å²) < 4.78 is 40.1. The van der Waals surface area contributed by atoms with Gasteiger partial charge in [-0.1, -0.05) is 12.1 Å². The summed E-state index contributed by atoms with van der Waals surface area (Å²) in [5.41, 5.74) is 0.722. The second kappa shape index (κ2) is 9.04. The van der Waals surface area contributed by atoms with Crippen molar-refractivity contribution in [1.29, 1.82) is 0 Å². The lowest BCUT2D eigenvalue weighted by atomic mass is 10.2. The molecule has 1 aliphatic rings. The number of esters is 1. The number of para-hydroxylation sites is 2. The van der Waals surface area contributed by atoms with Crippen LogP contribution in [0.2, 0.25) is 0 Å². The monoisotopic (exact) mass is 455 g/mol. The number of anilines is 1. The first kappa shape index (κ1) is 21.9. The van der Waals surface area contributed by atoms with Gasteiger partial charge in [0.2, 0.25) is 0 Å². The van der Waals surface area contributed by atoms with E-state index in [1.54, 1.807) is 30.5 Å².